The monoisotopic (exact) mass is 418 g/mol. The van der Waals surface area contributed by atoms with Crippen molar-refractivity contribution in [2.75, 3.05) is 11.5 Å². The zero-order chi connectivity index (χ0) is 20.8. The van der Waals surface area contributed by atoms with Gasteiger partial charge in [0.25, 0.3) is 0 Å². The van der Waals surface area contributed by atoms with Crippen molar-refractivity contribution in [3.05, 3.63) is 46.3 Å². The molecule has 0 aliphatic heterocycles. The summed E-state index contributed by atoms with van der Waals surface area (Å²) >= 11 is 0. The zero-order valence-corrected chi connectivity index (χ0v) is 17.0. The third kappa shape index (κ3) is 4.08. The van der Waals surface area contributed by atoms with Crippen molar-refractivity contribution in [2.24, 2.45) is 5.14 Å². The first kappa shape index (κ1) is 19.7. The number of aromatic nitrogens is 4. The lowest BCUT2D eigenvalue weighted by atomic mass is 9.98. The van der Waals surface area contributed by atoms with Gasteiger partial charge in [-0.05, 0) is 54.9 Å². The minimum absolute atomic E-state index is 0.0374. The molecule has 4 N–H and O–H groups in total. The molecule has 3 aromatic rings. The Morgan fingerprint density at radius 3 is 2.62 bits per heavy atom. The van der Waals surface area contributed by atoms with E-state index < -0.39 is 16.1 Å². The maximum atomic E-state index is 13.8. The highest BCUT2D eigenvalue weighted by Crippen LogP contribution is 2.28. The van der Waals surface area contributed by atoms with Crippen LogP contribution in [-0.4, -0.2) is 33.7 Å². The average molecular weight is 418 g/mol. The molecule has 0 bridgehead atoms. The first-order valence-corrected chi connectivity index (χ1v) is 11.2. The predicted molar refractivity (Wildman–Crippen MR) is 108 cm³/mol. The molecule has 0 saturated heterocycles. The van der Waals surface area contributed by atoms with E-state index in [4.69, 9.17) is 10.9 Å². The van der Waals surface area contributed by atoms with E-state index in [0.29, 0.717) is 17.8 Å². The van der Waals surface area contributed by atoms with Gasteiger partial charge < -0.3 is 10.3 Å². The fraction of sp³-hybridized carbons (Fsp3) is 0.421. The summed E-state index contributed by atoms with van der Waals surface area (Å²) in [6.45, 7) is 2.35. The maximum Gasteiger partial charge on any atom is 0.312 e. The van der Waals surface area contributed by atoms with Gasteiger partial charge >= 0.3 is 6.08 Å². The third-order valence-corrected chi connectivity index (χ3v) is 6.24. The number of primary sulfonamides is 1. The number of imidazole rings is 1. The Morgan fingerprint density at radius 1 is 1.17 bits per heavy atom. The molecule has 8 nitrogen and oxygen atoms in total. The second kappa shape index (κ2) is 7.34. The van der Waals surface area contributed by atoms with Crippen LogP contribution >= 0.6 is 0 Å². The van der Waals surface area contributed by atoms with Crippen LogP contribution in [-0.2, 0) is 35.8 Å². The molecule has 0 spiro atoms. The molecular formula is C19H23FN6O2S. The standard InChI is InChI=1S/C19H23FN6O2S/c1-11-8-12-4-2-5-13(12)9-14(11)10-15-23-16-17(21)24-19(20)25-18(16)26(15)6-3-7-29(22,27)28/h8-9H,2-7,10H2,1H3,(H2,21,24,25)(H2,22,27,28). The van der Waals surface area contributed by atoms with E-state index in [2.05, 4.69) is 34.0 Å². The first-order chi connectivity index (χ1) is 13.7. The number of aryl methyl sites for hydroxylation is 4. The number of fused-ring (bicyclic) bond motifs is 2. The summed E-state index contributed by atoms with van der Waals surface area (Å²) in [7, 11) is -3.60. The van der Waals surface area contributed by atoms with Crippen molar-refractivity contribution < 1.29 is 12.8 Å². The van der Waals surface area contributed by atoms with Crippen LogP contribution in [0.2, 0.25) is 0 Å². The smallest absolute Gasteiger partial charge is 0.312 e. The molecule has 1 aromatic carbocycles. The maximum absolute atomic E-state index is 13.8. The molecule has 0 atom stereocenters. The molecule has 2 heterocycles. The molecule has 154 valence electrons. The highest BCUT2D eigenvalue weighted by molar-refractivity contribution is 7.89. The summed E-state index contributed by atoms with van der Waals surface area (Å²) in [5.74, 6) is 0.416. The number of rotatable bonds is 6. The van der Waals surface area contributed by atoms with Crippen LogP contribution in [0, 0.1) is 13.0 Å². The van der Waals surface area contributed by atoms with Gasteiger partial charge in [-0.2, -0.15) is 14.4 Å². The Labute approximate surface area is 168 Å². The van der Waals surface area contributed by atoms with Gasteiger partial charge in [0, 0.05) is 13.0 Å². The highest BCUT2D eigenvalue weighted by Gasteiger charge is 2.19. The fourth-order valence-corrected chi connectivity index (χ4v) is 4.52. The fourth-order valence-electron chi connectivity index (χ4n) is 3.99. The molecule has 1 aliphatic rings. The average Bonchev–Trinajstić information content (AvgIpc) is 3.19. The lowest BCUT2D eigenvalue weighted by molar-refractivity contribution is 0.540. The number of nitrogen functional groups attached to an aromatic ring is 1. The van der Waals surface area contributed by atoms with E-state index in [1.165, 1.54) is 16.7 Å². The van der Waals surface area contributed by atoms with Gasteiger partial charge in [-0.25, -0.2) is 18.5 Å². The lowest BCUT2D eigenvalue weighted by Crippen LogP contribution is -2.18. The third-order valence-electron chi connectivity index (χ3n) is 5.38. The minimum Gasteiger partial charge on any atom is -0.382 e. The zero-order valence-electron chi connectivity index (χ0n) is 16.2. The van der Waals surface area contributed by atoms with Gasteiger partial charge in [0.05, 0.1) is 5.75 Å². The molecule has 1 aliphatic carbocycles. The summed E-state index contributed by atoms with van der Waals surface area (Å²) in [5, 5.41) is 5.11. The predicted octanol–water partition coefficient (Wildman–Crippen LogP) is 1.61. The Balaban J connectivity index is 1.75. The summed E-state index contributed by atoms with van der Waals surface area (Å²) in [6.07, 6.45) is 3.15. The van der Waals surface area contributed by atoms with Gasteiger partial charge in [-0.1, -0.05) is 12.1 Å². The number of hydrogen-bond donors (Lipinski definition) is 2. The van der Waals surface area contributed by atoms with E-state index in [1.54, 1.807) is 4.57 Å². The Morgan fingerprint density at radius 2 is 1.90 bits per heavy atom. The molecule has 0 radical (unpaired) electrons. The van der Waals surface area contributed by atoms with Crippen LogP contribution in [0.15, 0.2) is 12.1 Å². The largest absolute Gasteiger partial charge is 0.382 e. The summed E-state index contributed by atoms with van der Waals surface area (Å²) in [6, 6.07) is 4.43. The summed E-state index contributed by atoms with van der Waals surface area (Å²) in [5.41, 5.74) is 11.5. The second-order valence-corrected chi connectivity index (χ2v) is 9.26. The SMILES string of the molecule is Cc1cc2c(cc1Cc1nc3c(N)nc(F)nc3n1CCCS(N)(=O)=O)CCC2. The van der Waals surface area contributed by atoms with Crippen molar-refractivity contribution in [1.82, 2.24) is 19.5 Å². The Kier molecular flexibility index (Phi) is 4.99. The normalized spacial score (nSPS) is 13.9. The van der Waals surface area contributed by atoms with E-state index in [1.807, 2.05) is 0 Å². The van der Waals surface area contributed by atoms with E-state index in [9.17, 15) is 12.8 Å². The number of sulfonamides is 1. The van der Waals surface area contributed by atoms with Crippen molar-refractivity contribution >= 4 is 27.0 Å². The van der Waals surface area contributed by atoms with Crippen LogP contribution in [0.1, 0.15) is 40.9 Å². The number of nitrogens with zero attached hydrogens (tertiary/aromatic N) is 4. The molecule has 0 amide bonds. The van der Waals surface area contributed by atoms with Crippen LogP contribution in [0.4, 0.5) is 10.2 Å². The van der Waals surface area contributed by atoms with E-state index in [-0.39, 0.29) is 30.2 Å². The number of halogens is 1. The lowest BCUT2D eigenvalue weighted by Gasteiger charge is -2.12. The van der Waals surface area contributed by atoms with Gasteiger partial charge in [0.1, 0.15) is 5.82 Å². The molecule has 4 rings (SSSR count). The molecular weight excluding hydrogens is 395 g/mol. The van der Waals surface area contributed by atoms with Gasteiger partial charge in [0.2, 0.25) is 10.0 Å². The van der Waals surface area contributed by atoms with Gasteiger partial charge in [0.15, 0.2) is 17.0 Å². The molecule has 0 saturated carbocycles. The van der Waals surface area contributed by atoms with Crippen LogP contribution in [0.25, 0.3) is 11.2 Å². The highest BCUT2D eigenvalue weighted by atomic mass is 32.2. The Bertz CT molecular complexity index is 1210. The van der Waals surface area contributed by atoms with Crippen LogP contribution in [0.5, 0.6) is 0 Å². The van der Waals surface area contributed by atoms with Gasteiger partial charge in [-0.15, -0.1) is 0 Å². The van der Waals surface area contributed by atoms with E-state index >= 15 is 0 Å². The van der Waals surface area contributed by atoms with Crippen molar-refractivity contribution in [3.63, 3.8) is 0 Å². The van der Waals surface area contributed by atoms with Crippen molar-refractivity contribution in [3.8, 4) is 0 Å². The molecule has 29 heavy (non-hydrogen) atoms. The summed E-state index contributed by atoms with van der Waals surface area (Å²) < 4.78 is 38.1. The number of benzene rings is 1. The summed E-state index contributed by atoms with van der Waals surface area (Å²) in [4.78, 5) is 12.0. The molecule has 2 aromatic heterocycles. The van der Waals surface area contributed by atoms with Crippen molar-refractivity contribution in [1.29, 1.82) is 0 Å². The van der Waals surface area contributed by atoms with Crippen LogP contribution < -0.4 is 10.9 Å². The van der Waals surface area contributed by atoms with Gasteiger partial charge in [-0.3, -0.25) is 0 Å². The Hall–Kier alpha value is -2.59. The minimum atomic E-state index is -3.60. The number of anilines is 1. The molecule has 0 unspecified atom stereocenters. The molecule has 10 heteroatoms. The van der Waals surface area contributed by atoms with E-state index in [0.717, 1.165) is 24.8 Å². The van der Waals surface area contributed by atoms with Crippen LogP contribution in [0.3, 0.4) is 0 Å². The van der Waals surface area contributed by atoms with Crippen molar-refractivity contribution in [2.45, 2.75) is 45.6 Å². The first-order valence-electron chi connectivity index (χ1n) is 9.51. The second-order valence-electron chi connectivity index (χ2n) is 7.53. The number of nitrogens with two attached hydrogens (primary N) is 2. The molecule has 0 fully saturated rings. The quantitative estimate of drug-likeness (QED) is 0.585. The number of hydrogen-bond acceptors (Lipinski definition) is 6. The topological polar surface area (TPSA) is 130 Å².